The van der Waals surface area contributed by atoms with Gasteiger partial charge in [0, 0.05) is 31.8 Å². The summed E-state index contributed by atoms with van der Waals surface area (Å²) < 4.78 is 10.7. The number of ether oxygens (including phenoxy) is 2. The highest BCUT2D eigenvalue weighted by atomic mass is 16.5. The van der Waals surface area contributed by atoms with Crippen LogP contribution in [0.4, 0.5) is 0 Å². The Kier molecular flexibility index (Phi) is 5.10. The van der Waals surface area contributed by atoms with E-state index in [0.717, 1.165) is 24.1 Å². The summed E-state index contributed by atoms with van der Waals surface area (Å²) in [4.78, 5) is 12.9. The van der Waals surface area contributed by atoms with E-state index in [1.165, 1.54) is 0 Å². The maximum Gasteiger partial charge on any atom is 0.161 e. The Bertz CT molecular complexity index is 880. The molecule has 0 saturated heterocycles. The maximum absolute atomic E-state index is 12.9. The highest BCUT2D eigenvalue weighted by Crippen LogP contribution is 2.46. The van der Waals surface area contributed by atoms with Gasteiger partial charge in [0.2, 0.25) is 0 Å². The minimum absolute atomic E-state index is 0.0585. The first kappa shape index (κ1) is 18.8. The zero-order chi connectivity index (χ0) is 19.7. The fourth-order valence-corrected chi connectivity index (χ4v) is 3.89. The topological polar surface area (TPSA) is 91.8 Å². The monoisotopic (exact) mass is 368 g/mol. The first-order valence-corrected chi connectivity index (χ1v) is 8.79. The number of allylic oxidation sites excluding steroid dienone is 3. The van der Waals surface area contributed by atoms with Gasteiger partial charge in [-0.2, -0.15) is 5.26 Å². The SMILES string of the molecule is COc1ccc([C@@H]2C(C#N)=C(N)N(N(C)C)C3=C2C(=O)CCC3)cc1OC. The molecular weight excluding hydrogens is 344 g/mol. The molecule has 1 aliphatic carbocycles. The van der Waals surface area contributed by atoms with Crippen molar-refractivity contribution in [2.45, 2.75) is 25.2 Å². The summed E-state index contributed by atoms with van der Waals surface area (Å²) in [6.07, 6.45) is 1.99. The lowest BCUT2D eigenvalue weighted by Crippen LogP contribution is -2.45. The highest BCUT2D eigenvalue weighted by molar-refractivity contribution is 5.99. The van der Waals surface area contributed by atoms with Gasteiger partial charge in [0.05, 0.1) is 31.8 Å². The Morgan fingerprint density at radius 3 is 2.52 bits per heavy atom. The summed E-state index contributed by atoms with van der Waals surface area (Å²) in [7, 11) is 6.82. The number of Topliss-reactive ketones (excluding diaryl/α,β-unsaturated/α-hetero) is 1. The Morgan fingerprint density at radius 2 is 1.93 bits per heavy atom. The third-order valence-electron chi connectivity index (χ3n) is 5.03. The Labute approximate surface area is 159 Å². The van der Waals surface area contributed by atoms with Crippen LogP contribution < -0.4 is 15.2 Å². The number of benzene rings is 1. The lowest BCUT2D eigenvalue weighted by Gasteiger charge is -2.42. The second-order valence-corrected chi connectivity index (χ2v) is 6.75. The molecule has 0 radical (unpaired) electrons. The highest BCUT2D eigenvalue weighted by Gasteiger charge is 2.40. The van der Waals surface area contributed by atoms with Gasteiger partial charge < -0.3 is 15.2 Å². The van der Waals surface area contributed by atoms with Crippen LogP contribution in [0.5, 0.6) is 11.5 Å². The van der Waals surface area contributed by atoms with Gasteiger partial charge in [-0.15, -0.1) is 0 Å². The van der Waals surface area contributed by atoms with E-state index in [1.54, 1.807) is 25.3 Å². The molecule has 1 aromatic rings. The predicted molar refractivity (Wildman–Crippen MR) is 101 cm³/mol. The van der Waals surface area contributed by atoms with E-state index in [9.17, 15) is 10.1 Å². The molecular formula is C20H24N4O3. The summed E-state index contributed by atoms with van der Waals surface area (Å²) in [6, 6.07) is 7.68. The number of carbonyl (C=O) groups excluding carboxylic acids is 1. The molecule has 2 aliphatic rings. The van der Waals surface area contributed by atoms with Crippen LogP contribution in [0.1, 0.15) is 30.7 Å². The number of hydrogen-bond donors (Lipinski definition) is 1. The fraction of sp³-hybridized carbons (Fsp3) is 0.400. The number of hydrogen-bond acceptors (Lipinski definition) is 7. The molecule has 142 valence electrons. The second kappa shape index (κ2) is 7.33. The van der Waals surface area contributed by atoms with Crippen LogP contribution in [0.15, 0.2) is 40.9 Å². The summed E-state index contributed by atoms with van der Waals surface area (Å²) in [6.45, 7) is 0. The minimum atomic E-state index is -0.506. The van der Waals surface area contributed by atoms with Gasteiger partial charge in [0.25, 0.3) is 0 Å². The zero-order valence-electron chi connectivity index (χ0n) is 16.1. The predicted octanol–water partition coefficient (Wildman–Crippen LogP) is 2.28. The molecule has 1 heterocycles. The molecule has 0 aromatic heterocycles. The van der Waals surface area contributed by atoms with Crippen LogP contribution in [0.25, 0.3) is 0 Å². The average molecular weight is 368 g/mol. The first-order chi connectivity index (χ1) is 12.9. The van der Waals surface area contributed by atoms with Crippen molar-refractivity contribution in [3.8, 4) is 17.6 Å². The number of nitrogens with zero attached hydrogens (tertiary/aromatic N) is 3. The molecule has 27 heavy (non-hydrogen) atoms. The van der Waals surface area contributed by atoms with Crippen molar-refractivity contribution in [3.63, 3.8) is 0 Å². The van der Waals surface area contributed by atoms with E-state index < -0.39 is 5.92 Å². The molecule has 0 amide bonds. The van der Waals surface area contributed by atoms with Gasteiger partial charge in [0.15, 0.2) is 17.3 Å². The standard InChI is InChI=1S/C20H24N4O3/c1-23(2)24-14-6-5-7-15(25)19(14)18(13(11-21)20(24)22)12-8-9-16(26-3)17(10-12)27-4/h8-10,18H,5-7,22H2,1-4H3/t18-/m1/s1. The van der Waals surface area contributed by atoms with Crippen LogP contribution in [-0.4, -0.2) is 44.1 Å². The second-order valence-electron chi connectivity index (χ2n) is 6.75. The van der Waals surface area contributed by atoms with Crippen molar-refractivity contribution in [1.82, 2.24) is 10.0 Å². The Morgan fingerprint density at radius 1 is 1.22 bits per heavy atom. The molecule has 3 rings (SSSR count). The summed E-state index contributed by atoms with van der Waals surface area (Å²) in [5.74, 6) is 1.05. The number of carbonyl (C=O) groups is 1. The first-order valence-electron chi connectivity index (χ1n) is 8.79. The van der Waals surface area contributed by atoms with Crippen molar-refractivity contribution in [3.05, 3.63) is 46.4 Å². The van der Waals surface area contributed by atoms with Gasteiger partial charge in [-0.3, -0.25) is 9.80 Å². The van der Waals surface area contributed by atoms with Crippen LogP contribution in [0.2, 0.25) is 0 Å². The van der Waals surface area contributed by atoms with Crippen molar-refractivity contribution in [1.29, 1.82) is 5.26 Å². The van der Waals surface area contributed by atoms with Crippen molar-refractivity contribution < 1.29 is 14.3 Å². The number of rotatable bonds is 4. The number of nitrogens with two attached hydrogens (primary N) is 1. The zero-order valence-corrected chi connectivity index (χ0v) is 16.1. The van der Waals surface area contributed by atoms with E-state index >= 15 is 0 Å². The summed E-state index contributed by atoms with van der Waals surface area (Å²) in [5.41, 5.74) is 9.05. The van der Waals surface area contributed by atoms with Gasteiger partial charge >= 0.3 is 0 Å². The number of methoxy groups -OCH3 is 2. The average Bonchev–Trinajstić information content (AvgIpc) is 2.66. The van der Waals surface area contributed by atoms with E-state index in [-0.39, 0.29) is 5.78 Å². The molecule has 1 aromatic carbocycles. The molecule has 0 fully saturated rings. The number of hydrazine groups is 1. The van der Waals surface area contributed by atoms with Crippen molar-refractivity contribution in [2.75, 3.05) is 28.3 Å². The van der Waals surface area contributed by atoms with Crippen LogP contribution in [0.3, 0.4) is 0 Å². The Hall–Kier alpha value is -2.98. The van der Waals surface area contributed by atoms with E-state index in [1.807, 2.05) is 31.2 Å². The quantitative estimate of drug-likeness (QED) is 0.871. The number of nitriles is 1. The van der Waals surface area contributed by atoms with Crippen molar-refractivity contribution in [2.24, 2.45) is 5.73 Å². The summed E-state index contributed by atoms with van der Waals surface area (Å²) in [5, 5.41) is 13.5. The van der Waals surface area contributed by atoms with E-state index in [0.29, 0.717) is 34.9 Å². The molecule has 1 aliphatic heterocycles. The molecule has 0 spiro atoms. The van der Waals surface area contributed by atoms with Crippen LogP contribution in [0, 0.1) is 11.3 Å². The van der Waals surface area contributed by atoms with Crippen LogP contribution in [-0.2, 0) is 4.79 Å². The normalized spacial score (nSPS) is 19.9. The minimum Gasteiger partial charge on any atom is -0.493 e. The molecule has 0 saturated carbocycles. The maximum atomic E-state index is 12.9. The van der Waals surface area contributed by atoms with E-state index in [2.05, 4.69) is 6.07 Å². The smallest absolute Gasteiger partial charge is 0.161 e. The Balaban J connectivity index is 2.25. The molecule has 1 atom stereocenters. The lowest BCUT2D eigenvalue weighted by atomic mass is 9.76. The van der Waals surface area contributed by atoms with Crippen LogP contribution >= 0.6 is 0 Å². The van der Waals surface area contributed by atoms with Gasteiger partial charge in [-0.1, -0.05) is 6.07 Å². The summed E-state index contributed by atoms with van der Waals surface area (Å²) >= 11 is 0. The fourth-order valence-electron chi connectivity index (χ4n) is 3.89. The molecule has 2 N–H and O–H groups in total. The van der Waals surface area contributed by atoms with Gasteiger partial charge in [-0.05, 0) is 30.5 Å². The molecule has 7 nitrogen and oxygen atoms in total. The largest absolute Gasteiger partial charge is 0.493 e. The van der Waals surface area contributed by atoms with Gasteiger partial charge in [0.1, 0.15) is 5.82 Å². The number of ketones is 1. The third kappa shape index (κ3) is 3.02. The molecule has 0 bridgehead atoms. The molecule has 7 heteroatoms. The van der Waals surface area contributed by atoms with Crippen molar-refractivity contribution >= 4 is 5.78 Å². The lowest BCUT2D eigenvalue weighted by molar-refractivity contribution is -0.116. The van der Waals surface area contributed by atoms with Gasteiger partial charge in [-0.25, -0.2) is 5.01 Å². The third-order valence-corrected chi connectivity index (χ3v) is 5.03. The van der Waals surface area contributed by atoms with E-state index in [4.69, 9.17) is 15.2 Å². The molecule has 0 unspecified atom stereocenters.